The molecule has 0 radical (unpaired) electrons. The average Bonchev–Trinajstić information content (AvgIpc) is 3.62. The van der Waals surface area contributed by atoms with Gasteiger partial charge in [-0.25, -0.2) is 0 Å². The summed E-state index contributed by atoms with van der Waals surface area (Å²) < 4.78 is 5.16. The minimum Gasteiger partial charge on any atom is -0.309 e. The van der Waals surface area contributed by atoms with Gasteiger partial charge in [-0.1, -0.05) is 133 Å². The molecular formula is C40H25NS. The van der Waals surface area contributed by atoms with Gasteiger partial charge in [0.2, 0.25) is 0 Å². The molecule has 0 aliphatic carbocycles. The predicted octanol–water partition coefficient (Wildman–Crippen LogP) is 11.6. The van der Waals surface area contributed by atoms with Crippen LogP contribution in [0.25, 0.3) is 80.7 Å². The molecule has 0 spiro atoms. The number of hydrogen-bond acceptors (Lipinski definition) is 1. The molecule has 0 unspecified atom stereocenters. The van der Waals surface area contributed by atoms with Gasteiger partial charge in [0.05, 0.1) is 11.0 Å². The van der Waals surface area contributed by atoms with Crippen LogP contribution < -0.4 is 0 Å². The molecule has 196 valence electrons. The van der Waals surface area contributed by atoms with Gasteiger partial charge in [0, 0.05) is 47.4 Å². The number of para-hydroxylation sites is 2. The van der Waals surface area contributed by atoms with Crippen molar-refractivity contribution in [3.8, 4) is 27.9 Å². The summed E-state index contributed by atoms with van der Waals surface area (Å²) in [6, 6.07) is 55.1. The molecule has 0 bridgehead atoms. The number of thiophene rings is 1. The lowest BCUT2D eigenvalue weighted by atomic mass is 9.97. The summed E-state index contributed by atoms with van der Waals surface area (Å²) in [5, 5.41) is 7.92. The Labute approximate surface area is 247 Å². The third-order valence-corrected chi connectivity index (χ3v) is 9.86. The Morgan fingerprint density at radius 2 is 0.976 bits per heavy atom. The highest BCUT2D eigenvalue weighted by atomic mass is 32.1. The van der Waals surface area contributed by atoms with E-state index in [0.29, 0.717) is 0 Å². The molecule has 0 amide bonds. The van der Waals surface area contributed by atoms with E-state index in [1.54, 1.807) is 0 Å². The van der Waals surface area contributed by atoms with E-state index in [2.05, 4.69) is 156 Å². The van der Waals surface area contributed by atoms with Gasteiger partial charge in [-0.15, -0.1) is 11.3 Å². The topological polar surface area (TPSA) is 4.93 Å². The van der Waals surface area contributed by atoms with E-state index in [4.69, 9.17) is 0 Å². The van der Waals surface area contributed by atoms with Crippen LogP contribution in [-0.4, -0.2) is 4.57 Å². The highest BCUT2D eigenvalue weighted by Gasteiger charge is 2.22. The summed E-state index contributed by atoms with van der Waals surface area (Å²) in [6.45, 7) is 0. The van der Waals surface area contributed by atoms with Gasteiger partial charge >= 0.3 is 0 Å². The molecule has 42 heavy (non-hydrogen) atoms. The fourth-order valence-corrected chi connectivity index (χ4v) is 8.12. The normalized spacial score (nSPS) is 11.8. The van der Waals surface area contributed by atoms with E-state index in [-0.39, 0.29) is 0 Å². The number of aromatic nitrogens is 1. The first-order chi connectivity index (χ1) is 20.9. The number of nitrogens with zero attached hydrogens (tertiary/aromatic N) is 1. The number of fused-ring (bicyclic) bond motifs is 10. The second-order valence-electron chi connectivity index (χ2n) is 10.9. The largest absolute Gasteiger partial charge is 0.309 e. The zero-order chi connectivity index (χ0) is 27.6. The third-order valence-electron chi connectivity index (χ3n) is 8.58. The fourth-order valence-electron chi connectivity index (χ4n) is 6.74. The summed E-state index contributed by atoms with van der Waals surface area (Å²) in [7, 11) is 0. The minimum absolute atomic E-state index is 1.19. The maximum absolute atomic E-state index is 2.46. The molecule has 0 N–H and O–H groups in total. The van der Waals surface area contributed by atoms with E-state index >= 15 is 0 Å². The molecule has 1 nitrogen and oxygen atoms in total. The molecule has 2 heterocycles. The molecule has 0 aliphatic rings. The Morgan fingerprint density at radius 3 is 1.76 bits per heavy atom. The van der Waals surface area contributed by atoms with Crippen LogP contribution in [0.2, 0.25) is 0 Å². The molecule has 7 aromatic carbocycles. The SMILES string of the molecule is c1ccc(-c2ccc(-c3cccc4c3sc3c5ccccc5c5c(c6ccccc6n5-c5ccccc5)c43)cc2)cc1. The second-order valence-corrected chi connectivity index (χ2v) is 11.9. The maximum atomic E-state index is 2.46. The summed E-state index contributed by atoms with van der Waals surface area (Å²) in [5.41, 5.74) is 8.73. The van der Waals surface area contributed by atoms with Crippen molar-refractivity contribution in [2.24, 2.45) is 0 Å². The molecule has 0 fully saturated rings. The van der Waals surface area contributed by atoms with E-state index in [0.717, 1.165) is 0 Å². The van der Waals surface area contributed by atoms with Crippen LogP contribution in [0.15, 0.2) is 152 Å². The summed E-state index contributed by atoms with van der Waals surface area (Å²) >= 11 is 1.93. The van der Waals surface area contributed by atoms with Crippen LogP contribution in [0.3, 0.4) is 0 Å². The van der Waals surface area contributed by atoms with Gasteiger partial charge < -0.3 is 4.57 Å². The minimum atomic E-state index is 1.19. The lowest BCUT2D eigenvalue weighted by Crippen LogP contribution is -1.93. The first-order valence-corrected chi connectivity index (χ1v) is 15.2. The molecule has 2 heteroatoms. The van der Waals surface area contributed by atoms with Gasteiger partial charge in [-0.05, 0) is 40.5 Å². The maximum Gasteiger partial charge on any atom is 0.0626 e. The number of hydrogen-bond donors (Lipinski definition) is 0. The highest BCUT2D eigenvalue weighted by Crippen LogP contribution is 2.49. The zero-order valence-electron chi connectivity index (χ0n) is 22.8. The molecular weight excluding hydrogens is 527 g/mol. The van der Waals surface area contributed by atoms with Gasteiger partial charge in [0.1, 0.15) is 0 Å². The van der Waals surface area contributed by atoms with Crippen LogP contribution in [0, 0.1) is 0 Å². The first kappa shape index (κ1) is 23.5. The summed E-state index contributed by atoms with van der Waals surface area (Å²) in [6.07, 6.45) is 0. The van der Waals surface area contributed by atoms with Crippen molar-refractivity contribution in [3.63, 3.8) is 0 Å². The Kier molecular flexibility index (Phi) is 5.13. The molecule has 9 aromatic rings. The standard InChI is InChI=1S/C40H25NS/c1-3-12-26(13-4-1)27-22-24-28(25-23-27)30-19-11-20-34-37-36-33-18-9-10-21-35(33)41(29-14-5-2-6-15-29)38(36)31-16-7-8-17-32(31)40(37)42-39(30)34/h1-25H. The second kappa shape index (κ2) is 9.17. The lowest BCUT2D eigenvalue weighted by Gasteiger charge is -2.10. The summed E-state index contributed by atoms with van der Waals surface area (Å²) in [5.74, 6) is 0. The van der Waals surface area contributed by atoms with Crippen LogP contribution in [-0.2, 0) is 0 Å². The van der Waals surface area contributed by atoms with Crippen molar-refractivity contribution in [2.75, 3.05) is 0 Å². The predicted molar refractivity (Wildman–Crippen MR) is 182 cm³/mol. The first-order valence-electron chi connectivity index (χ1n) is 14.4. The molecule has 9 rings (SSSR count). The zero-order valence-corrected chi connectivity index (χ0v) is 23.6. The van der Waals surface area contributed by atoms with Gasteiger partial charge in [-0.2, -0.15) is 0 Å². The van der Waals surface area contributed by atoms with Crippen LogP contribution in [0.5, 0.6) is 0 Å². The lowest BCUT2D eigenvalue weighted by molar-refractivity contribution is 1.19. The third kappa shape index (κ3) is 3.36. The van der Waals surface area contributed by atoms with Gasteiger partial charge in [0.25, 0.3) is 0 Å². The van der Waals surface area contributed by atoms with Crippen molar-refractivity contribution in [1.82, 2.24) is 4.57 Å². The monoisotopic (exact) mass is 551 g/mol. The van der Waals surface area contributed by atoms with Crippen molar-refractivity contribution < 1.29 is 0 Å². The Hall–Kier alpha value is -5.18. The Bertz CT molecular complexity index is 2430. The van der Waals surface area contributed by atoms with E-state index < -0.39 is 0 Å². The van der Waals surface area contributed by atoms with Crippen molar-refractivity contribution >= 4 is 64.1 Å². The van der Waals surface area contributed by atoms with E-state index in [9.17, 15) is 0 Å². The Balaban J connectivity index is 1.40. The van der Waals surface area contributed by atoms with Crippen LogP contribution in [0.1, 0.15) is 0 Å². The molecule has 0 saturated heterocycles. The van der Waals surface area contributed by atoms with Crippen molar-refractivity contribution in [2.45, 2.75) is 0 Å². The Morgan fingerprint density at radius 1 is 0.381 bits per heavy atom. The van der Waals surface area contributed by atoms with E-state index in [1.807, 2.05) is 11.3 Å². The molecule has 0 atom stereocenters. The molecule has 0 aliphatic heterocycles. The quantitative estimate of drug-likeness (QED) is 0.206. The van der Waals surface area contributed by atoms with Crippen molar-refractivity contribution in [1.29, 1.82) is 0 Å². The molecule has 2 aromatic heterocycles. The number of rotatable bonds is 3. The van der Waals surface area contributed by atoms with Crippen LogP contribution >= 0.6 is 11.3 Å². The smallest absolute Gasteiger partial charge is 0.0626 e. The molecule has 0 saturated carbocycles. The summed E-state index contributed by atoms with van der Waals surface area (Å²) in [4.78, 5) is 0. The average molecular weight is 552 g/mol. The van der Waals surface area contributed by atoms with E-state index in [1.165, 1.54) is 80.7 Å². The van der Waals surface area contributed by atoms with Crippen LogP contribution in [0.4, 0.5) is 0 Å². The van der Waals surface area contributed by atoms with Crippen molar-refractivity contribution in [3.05, 3.63) is 152 Å². The van der Waals surface area contributed by atoms with Gasteiger partial charge in [-0.3, -0.25) is 0 Å². The highest BCUT2D eigenvalue weighted by molar-refractivity contribution is 7.27. The fraction of sp³-hybridized carbons (Fsp3) is 0. The number of benzene rings is 7. The van der Waals surface area contributed by atoms with Gasteiger partial charge in [0.15, 0.2) is 0 Å².